The minimum Gasteiger partial charge on any atom is -0.376 e. The number of aromatic nitrogens is 7. The van der Waals surface area contributed by atoms with Crippen molar-refractivity contribution in [3.8, 4) is 28.6 Å². The third-order valence-electron chi connectivity index (χ3n) is 5.82. The zero-order chi connectivity index (χ0) is 22.5. The Morgan fingerprint density at radius 2 is 1.97 bits per heavy atom. The van der Waals surface area contributed by atoms with Gasteiger partial charge in [-0.05, 0) is 43.2 Å². The molecular formula is C23H19FN8O. The number of hydrogen-bond acceptors (Lipinski definition) is 7. The lowest BCUT2D eigenvalue weighted by atomic mass is 10.1. The standard InChI is InChI=1S/C23H19FN8O/c1-13-4-3-5-14(2)20(13)25-9-19-29-22(30-33-19)21-18-10-32-23(26-11-28-32)16-8-15(24)6-7-17(16)31(18)12-27-21/h3-8,11-12,25H,9-10H2,1-2H3. The molecule has 9 nitrogen and oxygen atoms in total. The van der Waals surface area contributed by atoms with Gasteiger partial charge in [0, 0.05) is 11.3 Å². The van der Waals surface area contributed by atoms with E-state index < -0.39 is 0 Å². The molecule has 0 saturated carbocycles. The summed E-state index contributed by atoms with van der Waals surface area (Å²) in [5, 5.41) is 11.8. The van der Waals surface area contributed by atoms with Gasteiger partial charge in [0.25, 0.3) is 0 Å². The first-order valence-corrected chi connectivity index (χ1v) is 10.5. The number of nitrogens with zero attached hydrogens (tertiary/aromatic N) is 7. The molecule has 164 valence electrons. The molecule has 0 aliphatic carbocycles. The van der Waals surface area contributed by atoms with E-state index in [1.54, 1.807) is 17.1 Å². The highest BCUT2D eigenvalue weighted by Gasteiger charge is 2.26. The van der Waals surface area contributed by atoms with E-state index in [-0.39, 0.29) is 5.82 Å². The molecule has 6 rings (SSSR count). The van der Waals surface area contributed by atoms with Crippen molar-refractivity contribution in [1.82, 2.24) is 34.5 Å². The van der Waals surface area contributed by atoms with E-state index in [0.29, 0.717) is 41.9 Å². The smallest absolute Gasteiger partial charge is 0.246 e. The molecule has 4 heterocycles. The molecule has 1 aliphatic rings. The van der Waals surface area contributed by atoms with Crippen LogP contribution in [0.3, 0.4) is 0 Å². The molecule has 3 aromatic heterocycles. The summed E-state index contributed by atoms with van der Waals surface area (Å²) >= 11 is 0. The predicted molar refractivity (Wildman–Crippen MR) is 118 cm³/mol. The summed E-state index contributed by atoms with van der Waals surface area (Å²) in [7, 11) is 0. The van der Waals surface area contributed by atoms with E-state index >= 15 is 0 Å². The first-order valence-electron chi connectivity index (χ1n) is 10.5. The highest BCUT2D eigenvalue weighted by atomic mass is 19.1. The second-order valence-electron chi connectivity index (χ2n) is 7.94. The lowest BCUT2D eigenvalue weighted by Crippen LogP contribution is -2.06. The molecule has 1 N–H and O–H groups in total. The second kappa shape index (κ2) is 7.37. The lowest BCUT2D eigenvalue weighted by molar-refractivity contribution is 0.384. The molecule has 0 atom stereocenters. The average molecular weight is 442 g/mol. The summed E-state index contributed by atoms with van der Waals surface area (Å²) in [5.41, 5.74) is 6.13. The number of para-hydroxylation sites is 1. The second-order valence-corrected chi connectivity index (χ2v) is 7.94. The molecule has 0 spiro atoms. The van der Waals surface area contributed by atoms with Crippen LogP contribution in [0.1, 0.15) is 22.7 Å². The van der Waals surface area contributed by atoms with Crippen molar-refractivity contribution in [3.63, 3.8) is 0 Å². The SMILES string of the molecule is Cc1cccc(C)c1NCc1nc(-c2ncn3c2Cn2ncnc2-c2cc(F)ccc2-3)no1. The third kappa shape index (κ3) is 3.18. The summed E-state index contributed by atoms with van der Waals surface area (Å²) in [6.45, 7) is 4.88. The summed E-state index contributed by atoms with van der Waals surface area (Å²) in [6, 6.07) is 10.7. The highest BCUT2D eigenvalue weighted by molar-refractivity contribution is 5.70. The van der Waals surface area contributed by atoms with Crippen molar-refractivity contribution in [2.75, 3.05) is 5.32 Å². The minimum atomic E-state index is -0.341. The zero-order valence-corrected chi connectivity index (χ0v) is 17.9. The number of benzene rings is 2. The van der Waals surface area contributed by atoms with Crippen molar-refractivity contribution in [2.24, 2.45) is 0 Å². The van der Waals surface area contributed by atoms with E-state index in [0.717, 1.165) is 28.2 Å². The van der Waals surface area contributed by atoms with Gasteiger partial charge < -0.3 is 9.84 Å². The van der Waals surface area contributed by atoms with Crippen molar-refractivity contribution in [1.29, 1.82) is 0 Å². The Morgan fingerprint density at radius 1 is 1.12 bits per heavy atom. The zero-order valence-electron chi connectivity index (χ0n) is 17.9. The van der Waals surface area contributed by atoms with Crippen LogP contribution >= 0.6 is 0 Å². The predicted octanol–water partition coefficient (Wildman–Crippen LogP) is 3.91. The Kier molecular flexibility index (Phi) is 4.32. The van der Waals surface area contributed by atoms with Gasteiger partial charge in [-0.25, -0.2) is 19.0 Å². The lowest BCUT2D eigenvalue weighted by Gasteiger charge is -2.10. The number of rotatable bonds is 4. The van der Waals surface area contributed by atoms with Gasteiger partial charge >= 0.3 is 0 Å². The summed E-state index contributed by atoms with van der Waals surface area (Å²) in [4.78, 5) is 13.4. The van der Waals surface area contributed by atoms with Crippen LogP contribution in [0.2, 0.25) is 0 Å². The molecule has 0 bridgehead atoms. The van der Waals surface area contributed by atoms with E-state index in [9.17, 15) is 4.39 Å². The quantitative estimate of drug-likeness (QED) is 0.442. The van der Waals surface area contributed by atoms with Gasteiger partial charge in [-0.1, -0.05) is 23.4 Å². The Bertz CT molecular complexity index is 1480. The molecule has 33 heavy (non-hydrogen) atoms. The van der Waals surface area contributed by atoms with E-state index in [2.05, 4.69) is 56.5 Å². The topological polar surface area (TPSA) is 99.5 Å². The molecule has 2 aromatic carbocycles. The Balaban J connectivity index is 1.36. The molecule has 5 aromatic rings. The minimum absolute atomic E-state index is 0.341. The van der Waals surface area contributed by atoms with E-state index in [1.807, 2.05) is 10.6 Å². The Morgan fingerprint density at radius 3 is 2.82 bits per heavy atom. The van der Waals surface area contributed by atoms with Crippen LogP contribution < -0.4 is 5.32 Å². The first kappa shape index (κ1) is 19.4. The van der Waals surface area contributed by atoms with Crippen LogP contribution in [0.4, 0.5) is 10.1 Å². The maximum atomic E-state index is 14.0. The molecular weight excluding hydrogens is 423 g/mol. The molecule has 0 fully saturated rings. The summed E-state index contributed by atoms with van der Waals surface area (Å²) in [5.74, 6) is 1.08. The Labute approximate surface area is 187 Å². The number of nitrogens with one attached hydrogen (secondary N) is 1. The molecule has 1 aliphatic heterocycles. The molecule has 10 heteroatoms. The fourth-order valence-electron chi connectivity index (χ4n) is 4.23. The maximum absolute atomic E-state index is 14.0. The van der Waals surface area contributed by atoms with Gasteiger partial charge in [0.2, 0.25) is 11.7 Å². The van der Waals surface area contributed by atoms with Crippen molar-refractivity contribution in [3.05, 3.63) is 77.6 Å². The van der Waals surface area contributed by atoms with Gasteiger partial charge in [-0.15, -0.1) is 0 Å². The maximum Gasteiger partial charge on any atom is 0.246 e. The molecule has 0 unspecified atom stereocenters. The number of imidazole rings is 1. The van der Waals surface area contributed by atoms with E-state index in [4.69, 9.17) is 4.52 Å². The highest BCUT2D eigenvalue weighted by Crippen LogP contribution is 2.33. The Hall–Kier alpha value is -4.34. The van der Waals surface area contributed by atoms with Crippen LogP contribution in [0.25, 0.3) is 28.6 Å². The van der Waals surface area contributed by atoms with Crippen molar-refractivity contribution >= 4 is 5.69 Å². The van der Waals surface area contributed by atoms with Crippen molar-refractivity contribution < 1.29 is 8.91 Å². The fraction of sp³-hybridized carbons (Fsp3) is 0.174. The van der Waals surface area contributed by atoms with Crippen LogP contribution in [0, 0.1) is 19.7 Å². The van der Waals surface area contributed by atoms with Crippen LogP contribution in [0.5, 0.6) is 0 Å². The number of halogens is 1. The monoisotopic (exact) mass is 442 g/mol. The molecule has 0 saturated heterocycles. The normalized spacial score (nSPS) is 12.1. The van der Waals surface area contributed by atoms with Crippen LogP contribution in [-0.4, -0.2) is 34.5 Å². The van der Waals surface area contributed by atoms with E-state index in [1.165, 1.54) is 18.5 Å². The largest absolute Gasteiger partial charge is 0.376 e. The number of hydrogen-bond donors (Lipinski definition) is 1. The van der Waals surface area contributed by atoms with Crippen LogP contribution in [-0.2, 0) is 13.1 Å². The fourth-order valence-corrected chi connectivity index (χ4v) is 4.23. The summed E-state index contributed by atoms with van der Waals surface area (Å²) < 4.78 is 23.1. The van der Waals surface area contributed by atoms with Gasteiger partial charge in [0.15, 0.2) is 5.82 Å². The number of fused-ring (bicyclic) bond motifs is 5. The van der Waals surface area contributed by atoms with Gasteiger partial charge in [0.05, 0.1) is 24.5 Å². The molecule has 0 radical (unpaired) electrons. The van der Waals surface area contributed by atoms with Crippen LogP contribution in [0.15, 0.2) is 53.6 Å². The average Bonchev–Trinajstić information content (AvgIpc) is 3.53. The molecule has 0 amide bonds. The summed E-state index contributed by atoms with van der Waals surface area (Å²) in [6.07, 6.45) is 3.14. The third-order valence-corrected chi connectivity index (χ3v) is 5.82. The van der Waals surface area contributed by atoms with Gasteiger partial charge in [-0.3, -0.25) is 4.57 Å². The van der Waals surface area contributed by atoms with Crippen molar-refractivity contribution in [2.45, 2.75) is 26.9 Å². The van der Waals surface area contributed by atoms with Gasteiger partial charge in [-0.2, -0.15) is 10.1 Å². The van der Waals surface area contributed by atoms with Gasteiger partial charge in [0.1, 0.15) is 24.2 Å². The number of aryl methyl sites for hydroxylation is 2. The first-order chi connectivity index (χ1) is 16.1. The number of anilines is 1.